The fourth-order valence-corrected chi connectivity index (χ4v) is 8.67. The maximum Gasteiger partial charge on any atom is 0.305 e. The van der Waals surface area contributed by atoms with E-state index in [2.05, 4.69) is 20.8 Å². The van der Waals surface area contributed by atoms with Gasteiger partial charge in [0.05, 0.1) is 7.11 Å². The molecule has 0 bridgehead atoms. The summed E-state index contributed by atoms with van der Waals surface area (Å²) >= 11 is 0. The number of ketones is 1. The number of Topliss-reactive ketones (excluding diaryl/α,β-unsaturated/α-hetero) is 1. The van der Waals surface area contributed by atoms with Crippen LogP contribution in [0.2, 0.25) is 0 Å². The SMILES string of the molecule is COC(=O)CC[C@@H](C)[C@H]1CCC2C3CC[C@@H]4CC(=O)CC[C@]4(C)C3CC[C@@]21C. The zero-order valence-electron chi connectivity index (χ0n) is 18.5. The van der Waals surface area contributed by atoms with E-state index in [-0.39, 0.29) is 5.97 Å². The number of fused-ring (bicyclic) bond motifs is 5. The van der Waals surface area contributed by atoms with Gasteiger partial charge in [0.1, 0.15) is 5.78 Å². The van der Waals surface area contributed by atoms with Crippen LogP contribution in [0.1, 0.15) is 91.4 Å². The van der Waals surface area contributed by atoms with Crippen LogP contribution < -0.4 is 0 Å². The van der Waals surface area contributed by atoms with Crippen LogP contribution in [0.25, 0.3) is 0 Å². The molecular formula is C25H40O3. The van der Waals surface area contributed by atoms with Gasteiger partial charge in [0.25, 0.3) is 0 Å². The van der Waals surface area contributed by atoms with Crippen molar-refractivity contribution in [3.05, 3.63) is 0 Å². The van der Waals surface area contributed by atoms with Crippen LogP contribution in [0.15, 0.2) is 0 Å². The molecule has 0 radical (unpaired) electrons. The minimum absolute atomic E-state index is 0.0617. The van der Waals surface area contributed by atoms with Crippen molar-refractivity contribution in [2.24, 2.45) is 46.3 Å². The highest BCUT2D eigenvalue weighted by atomic mass is 16.5. The van der Waals surface area contributed by atoms with E-state index >= 15 is 0 Å². The molecule has 3 nitrogen and oxygen atoms in total. The monoisotopic (exact) mass is 388 g/mol. The van der Waals surface area contributed by atoms with Crippen LogP contribution in [-0.4, -0.2) is 18.9 Å². The molecule has 4 aliphatic carbocycles. The maximum absolute atomic E-state index is 12.1. The predicted molar refractivity (Wildman–Crippen MR) is 111 cm³/mol. The molecule has 0 aliphatic heterocycles. The van der Waals surface area contributed by atoms with Crippen molar-refractivity contribution in [1.82, 2.24) is 0 Å². The smallest absolute Gasteiger partial charge is 0.305 e. The summed E-state index contributed by atoms with van der Waals surface area (Å²) in [5.74, 6) is 5.01. The molecule has 0 spiro atoms. The van der Waals surface area contributed by atoms with E-state index in [0.717, 1.165) is 49.4 Å². The Hall–Kier alpha value is -0.860. The van der Waals surface area contributed by atoms with Crippen LogP contribution in [0.4, 0.5) is 0 Å². The van der Waals surface area contributed by atoms with Crippen LogP contribution >= 0.6 is 0 Å². The van der Waals surface area contributed by atoms with Gasteiger partial charge in [-0.05, 0) is 97.7 Å². The Bertz CT molecular complexity index is 627. The van der Waals surface area contributed by atoms with E-state index in [1.165, 1.54) is 45.6 Å². The average molecular weight is 389 g/mol. The van der Waals surface area contributed by atoms with Gasteiger partial charge in [0, 0.05) is 19.3 Å². The molecule has 3 heteroatoms. The van der Waals surface area contributed by atoms with Gasteiger partial charge in [-0.1, -0.05) is 20.8 Å². The van der Waals surface area contributed by atoms with Gasteiger partial charge in [-0.25, -0.2) is 0 Å². The summed E-state index contributed by atoms with van der Waals surface area (Å²) in [6.07, 6.45) is 12.4. The molecular weight excluding hydrogens is 348 g/mol. The Balaban J connectivity index is 1.49. The normalized spacial score (nSPS) is 46.3. The second kappa shape index (κ2) is 7.43. The summed E-state index contributed by atoms with van der Waals surface area (Å²) < 4.78 is 4.87. The predicted octanol–water partition coefficient (Wildman–Crippen LogP) is 5.80. The van der Waals surface area contributed by atoms with Crippen molar-refractivity contribution >= 4 is 11.8 Å². The molecule has 0 aromatic rings. The first-order valence-corrected chi connectivity index (χ1v) is 11.9. The van der Waals surface area contributed by atoms with E-state index < -0.39 is 0 Å². The lowest BCUT2D eigenvalue weighted by atomic mass is 9.44. The highest BCUT2D eigenvalue weighted by molar-refractivity contribution is 5.79. The molecule has 4 fully saturated rings. The number of hydrogen-bond donors (Lipinski definition) is 0. The van der Waals surface area contributed by atoms with Crippen molar-refractivity contribution in [3.8, 4) is 0 Å². The summed E-state index contributed by atoms with van der Waals surface area (Å²) in [5.41, 5.74) is 0.858. The van der Waals surface area contributed by atoms with E-state index in [1.54, 1.807) is 0 Å². The lowest BCUT2D eigenvalue weighted by Crippen LogP contribution is -2.53. The van der Waals surface area contributed by atoms with Gasteiger partial charge in [0.2, 0.25) is 0 Å². The highest BCUT2D eigenvalue weighted by Crippen LogP contribution is 2.68. The minimum Gasteiger partial charge on any atom is -0.469 e. The van der Waals surface area contributed by atoms with E-state index in [0.29, 0.717) is 34.9 Å². The molecule has 28 heavy (non-hydrogen) atoms. The van der Waals surface area contributed by atoms with E-state index in [4.69, 9.17) is 4.74 Å². The molecule has 0 aromatic carbocycles. The molecule has 3 unspecified atom stereocenters. The van der Waals surface area contributed by atoms with Gasteiger partial charge in [-0.15, -0.1) is 0 Å². The number of esters is 1. The average Bonchev–Trinajstić information content (AvgIpc) is 3.03. The van der Waals surface area contributed by atoms with Crippen LogP contribution in [0, 0.1) is 46.3 Å². The molecule has 0 amide bonds. The molecule has 4 aliphatic rings. The largest absolute Gasteiger partial charge is 0.469 e. The Labute approximate surface area is 171 Å². The van der Waals surface area contributed by atoms with Crippen molar-refractivity contribution in [3.63, 3.8) is 0 Å². The summed E-state index contributed by atoms with van der Waals surface area (Å²) in [5, 5.41) is 0. The standard InChI is InChI=1S/C25H40O3/c1-16(5-10-23(27)28-4)20-8-9-21-19-7-6-17-15-18(26)11-13-24(17,2)22(19)12-14-25(20,21)3/h16-17,19-22H,5-15H2,1-4H3/t16-,17-,19?,20-,21?,22?,24+,25-/m1/s1. The van der Waals surface area contributed by atoms with E-state index in [9.17, 15) is 9.59 Å². The third-order valence-electron chi connectivity index (χ3n) is 10.3. The Kier molecular flexibility index (Phi) is 5.42. The molecule has 0 aromatic heterocycles. The first-order valence-electron chi connectivity index (χ1n) is 11.9. The molecule has 158 valence electrons. The summed E-state index contributed by atoms with van der Waals surface area (Å²) in [6.45, 7) is 7.49. The van der Waals surface area contributed by atoms with Gasteiger partial charge in [-0.3, -0.25) is 9.59 Å². The number of carbonyl (C=O) groups is 2. The zero-order valence-corrected chi connectivity index (χ0v) is 18.5. The molecule has 0 N–H and O–H groups in total. The van der Waals surface area contributed by atoms with E-state index in [1.807, 2.05) is 0 Å². The van der Waals surface area contributed by atoms with Gasteiger partial charge in [-0.2, -0.15) is 0 Å². The fraction of sp³-hybridized carbons (Fsp3) is 0.920. The molecule has 0 saturated heterocycles. The molecule has 4 saturated carbocycles. The first kappa shape index (κ1) is 20.4. The number of ether oxygens (including phenoxy) is 1. The van der Waals surface area contributed by atoms with Crippen molar-refractivity contribution in [2.75, 3.05) is 7.11 Å². The van der Waals surface area contributed by atoms with Gasteiger partial charge >= 0.3 is 5.97 Å². The number of carbonyl (C=O) groups excluding carboxylic acids is 2. The second-order valence-electron chi connectivity index (χ2n) is 11.2. The van der Waals surface area contributed by atoms with Crippen molar-refractivity contribution in [1.29, 1.82) is 0 Å². The Morgan fingerprint density at radius 3 is 2.57 bits per heavy atom. The molecule has 4 rings (SSSR count). The van der Waals surface area contributed by atoms with Crippen molar-refractivity contribution < 1.29 is 14.3 Å². The summed E-state index contributed by atoms with van der Waals surface area (Å²) in [6, 6.07) is 0. The summed E-state index contributed by atoms with van der Waals surface area (Å²) in [4.78, 5) is 23.7. The van der Waals surface area contributed by atoms with Crippen LogP contribution in [0.5, 0.6) is 0 Å². The lowest BCUT2D eigenvalue weighted by Gasteiger charge is -2.60. The Morgan fingerprint density at radius 2 is 1.82 bits per heavy atom. The number of methoxy groups -OCH3 is 1. The summed E-state index contributed by atoms with van der Waals surface area (Å²) in [7, 11) is 1.50. The molecule has 8 atom stereocenters. The highest BCUT2D eigenvalue weighted by Gasteiger charge is 2.60. The van der Waals surface area contributed by atoms with Gasteiger partial charge < -0.3 is 4.74 Å². The minimum atomic E-state index is -0.0617. The number of hydrogen-bond acceptors (Lipinski definition) is 3. The first-order chi connectivity index (χ1) is 13.3. The van der Waals surface area contributed by atoms with Gasteiger partial charge in [0.15, 0.2) is 0 Å². The molecule has 0 heterocycles. The maximum atomic E-state index is 12.1. The lowest BCUT2D eigenvalue weighted by molar-refractivity contribution is -0.141. The van der Waals surface area contributed by atoms with Crippen molar-refractivity contribution in [2.45, 2.75) is 91.4 Å². The quantitative estimate of drug-likeness (QED) is 0.571. The van der Waals surface area contributed by atoms with Crippen LogP contribution in [-0.2, 0) is 14.3 Å². The van der Waals surface area contributed by atoms with Crippen LogP contribution in [0.3, 0.4) is 0 Å². The number of rotatable bonds is 4. The fourth-order valence-electron chi connectivity index (χ4n) is 8.67. The Morgan fingerprint density at radius 1 is 1.07 bits per heavy atom. The zero-order chi connectivity index (χ0) is 20.1. The third-order valence-corrected chi connectivity index (χ3v) is 10.3. The second-order valence-corrected chi connectivity index (χ2v) is 11.2. The topological polar surface area (TPSA) is 43.4 Å². The third kappa shape index (κ3) is 3.16.